The van der Waals surface area contributed by atoms with E-state index in [9.17, 15) is 14.7 Å². The summed E-state index contributed by atoms with van der Waals surface area (Å²) in [5.74, 6) is -0.820. The zero-order chi connectivity index (χ0) is 17.6. The molecule has 0 saturated carbocycles. The summed E-state index contributed by atoms with van der Waals surface area (Å²) in [6, 6.07) is 9.48. The number of benzene rings is 1. The molecule has 0 bridgehead atoms. The maximum Gasteiger partial charge on any atom is 0.330 e. The van der Waals surface area contributed by atoms with Gasteiger partial charge in [0.25, 0.3) is 0 Å². The Kier molecular flexibility index (Phi) is 5.23. The van der Waals surface area contributed by atoms with Crippen molar-refractivity contribution in [1.29, 1.82) is 0 Å². The van der Waals surface area contributed by atoms with E-state index in [2.05, 4.69) is 15.3 Å². The predicted molar refractivity (Wildman–Crippen MR) is 91.9 cm³/mol. The molecule has 1 aliphatic heterocycles. The van der Waals surface area contributed by atoms with Crippen LogP contribution in [0.25, 0.3) is 0 Å². The van der Waals surface area contributed by atoms with Crippen LogP contribution in [0.2, 0.25) is 0 Å². The third-order valence-corrected chi connectivity index (χ3v) is 4.37. The summed E-state index contributed by atoms with van der Waals surface area (Å²) < 4.78 is 0. The van der Waals surface area contributed by atoms with Gasteiger partial charge in [-0.15, -0.1) is 0 Å². The monoisotopic (exact) mass is 340 g/mol. The molecule has 1 aliphatic rings. The van der Waals surface area contributed by atoms with Gasteiger partial charge in [-0.25, -0.2) is 14.8 Å². The molecule has 1 fully saturated rings. The average molecular weight is 340 g/mol. The molecule has 2 aromatic rings. The first-order chi connectivity index (χ1) is 12.1. The number of carbonyl (C=O) groups is 2. The van der Waals surface area contributed by atoms with Crippen LogP contribution in [0.4, 0.5) is 5.95 Å². The maximum atomic E-state index is 12.5. The second kappa shape index (κ2) is 7.74. The van der Waals surface area contributed by atoms with E-state index in [-0.39, 0.29) is 11.8 Å². The van der Waals surface area contributed by atoms with E-state index in [1.165, 1.54) is 0 Å². The van der Waals surface area contributed by atoms with Crippen LogP contribution in [-0.4, -0.2) is 40.0 Å². The van der Waals surface area contributed by atoms with Crippen LogP contribution in [0.1, 0.15) is 24.4 Å². The molecule has 1 aromatic heterocycles. The van der Waals surface area contributed by atoms with Crippen molar-refractivity contribution < 1.29 is 14.7 Å². The van der Waals surface area contributed by atoms with Crippen LogP contribution < -0.4 is 10.2 Å². The SMILES string of the molecule is O=C(NC(C(=O)O)c1ccccc1)C1CCN(c2ncccn2)CC1. The van der Waals surface area contributed by atoms with Crippen molar-refractivity contribution in [3.05, 3.63) is 54.4 Å². The van der Waals surface area contributed by atoms with Crippen molar-refractivity contribution in [2.24, 2.45) is 5.92 Å². The van der Waals surface area contributed by atoms with Gasteiger partial charge >= 0.3 is 5.97 Å². The predicted octanol–water partition coefficient (Wildman–Crippen LogP) is 1.64. The maximum absolute atomic E-state index is 12.5. The fourth-order valence-corrected chi connectivity index (χ4v) is 2.99. The van der Waals surface area contributed by atoms with Gasteiger partial charge in [-0.05, 0) is 24.5 Å². The van der Waals surface area contributed by atoms with Crippen LogP contribution in [0.5, 0.6) is 0 Å². The van der Waals surface area contributed by atoms with E-state index in [4.69, 9.17) is 0 Å². The Morgan fingerprint density at radius 1 is 1.08 bits per heavy atom. The number of aliphatic carboxylic acids is 1. The molecule has 2 heterocycles. The molecule has 0 spiro atoms. The second-order valence-corrected chi connectivity index (χ2v) is 6.00. The lowest BCUT2D eigenvalue weighted by molar-refractivity contribution is -0.142. The van der Waals surface area contributed by atoms with Crippen LogP contribution >= 0.6 is 0 Å². The molecule has 1 aromatic carbocycles. The van der Waals surface area contributed by atoms with Gasteiger partial charge in [-0.2, -0.15) is 0 Å². The number of piperidine rings is 1. The number of nitrogens with one attached hydrogen (secondary N) is 1. The topological polar surface area (TPSA) is 95.4 Å². The molecule has 0 aliphatic carbocycles. The Hall–Kier alpha value is -2.96. The normalized spacial score (nSPS) is 16.2. The third kappa shape index (κ3) is 4.12. The number of hydrogen-bond acceptors (Lipinski definition) is 5. The van der Waals surface area contributed by atoms with E-state index in [1.807, 2.05) is 11.0 Å². The number of carboxylic acids is 1. The molecule has 130 valence electrons. The Labute approximate surface area is 145 Å². The zero-order valence-electron chi connectivity index (χ0n) is 13.7. The number of carbonyl (C=O) groups excluding carboxylic acids is 1. The molecule has 0 radical (unpaired) electrons. The van der Waals surface area contributed by atoms with Crippen molar-refractivity contribution in [3.63, 3.8) is 0 Å². The van der Waals surface area contributed by atoms with Gasteiger partial charge in [0.1, 0.15) is 0 Å². The van der Waals surface area contributed by atoms with E-state index >= 15 is 0 Å². The molecule has 25 heavy (non-hydrogen) atoms. The molecule has 3 rings (SSSR count). The number of aromatic nitrogens is 2. The molecule has 1 amide bonds. The molecule has 1 saturated heterocycles. The highest BCUT2D eigenvalue weighted by Gasteiger charge is 2.29. The van der Waals surface area contributed by atoms with Crippen LogP contribution in [0, 0.1) is 5.92 Å². The lowest BCUT2D eigenvalue weighted by atomic mass is 9.95. The molecule has 7 nitrogen and oxygen atoms in total. The van der Waals surface area contributed by atoms with Gasteiger partial charge < -0.3 is 15.3 Å². The van der Waals surface area contributed by atoms with Gasteiger partial charge in [-0.3, -0.25) is 4.79 Å². The number of rotatable bonds is 5. The molecule has 2 N–H and O–H groups in total. The summed E-state index contributed by atoms with van der Waals surface area (Å²) in [6.45, 7) is 1.34. The number of amides is 1. The molecular weight excluding hydrogens is 320 g/mol. The highest BCUT2D eigenvalue weighted by Crippen LogP contribution is 2.22. The number of nitrogens with zero attached hydrogens (tertiary/aromatic N) is 3. The summed E-state index contributed by atoms with van der Waals surface area (Å²) in [7, 11) is 0. The van der Waals surface area contributed by atoms with E-state index < -0.39 is 12.0 Å². The standard InChI is InChI=1S/C18H20N4O3/c23-16(21-15(17(24)25)13-5-2-1-3-6-13)14-7-11-22(12-8-14)18-19-9-4-10-20-18/h1-6,9-10,14-15H,7-8,11-12H2,(H,21,23)(H,24,25). The van der Waals surface area contributed by atoms with Crippen molar-refractivity contribution in [3.8, 4) is 0 Å². The quantitative estimate of drug-likeness (QED) is 0.859. The molecular formula is C18H20N4O3. The summed E-state index contributed by atoms with van der Waals surface area (Å²) >= 11 is 0. The summed E-state index contributed by atoms with van der Waals surface area (Å²) in [4.78, 5) is 34.5. The Bertz CT molecular complexity index is 716. The van der Waals surface area contributed by atoms with Gasteiger partial charge in [0.05, 0.1) is 0 Å². The molecule has 1 unspecified atom stereocenters. The van der Waals surface area contributed by atoms with Crippen LogP contribution in [0.3, 0.4) is 0 Å². The minimum Gasteiger partial charge on any atom is -0.479 e. The van der Waals surface area contributed by atoms with Crippen LogP contribution in [0.15, 0.2) is 48.8 Å². The van der Waals surface area contributed by atoms with E-state index in [0.717, 1.165) is 0 Å². The number of anilines is 1. The summed E-state index contributed by atoms with van der Waals surface area (Å²) in [5.41, 5.74) is 0.568. The molecule has 1 atom stereocenters. The lowest BCUT2D eigenvalue weighted by Crippen LogP contribution is -2.43. The minimum absolute atomic E-state index is 0.203. The van der Waals surface area contributed by atoms with E-state index in [0.29, 0.717) is 37.4 Å². The Morgan fingerprint density at radius 3 is 2.32 bits per heavy atom. The van der Waals surface area contributed by atoms with Crippen LogP contribution in [-0.2, 0) is 9.59 Å². The van der Waals surface area contributed by atoms with Gasteiger partial charge in [-0.1, -0.05) is 30.3 Å². The van der Waals surface area contributed by atoms with Crippen molar-refractivity contribution in [1.82, 2.24) is 15.3 Å². The van der Waals surface area contributed by atoms with Gasteiger partial charge in [0.2, 0.25) is 11.9 Å². The zero-order valence-corrected chi connectivity index (χ0v) is 13.7. The van der Waals surface area contributed by atoms with Crippen molar-refractivity contribution in [2.75, 3.05) is 18.0 Å². The number of carboxylic acid groups (broad SMARTS) is 1. The first kappa shape index (κ1) is 16.9. The van der Waals surface area contributed by atoms with Gasteiger partial charge in [0, 0.05) is 31.4 Å². The second-order valence-electron chi connectivity index (χ2n) is 6.00. The first-order valence-electron chi connectivity index (χ1n) is 8.25. The lowest BCUT2D eigenvalue weighted by Gasteiger charge is -2.31. The van der Waals surface area contributed by atoms with Gasteiger partial charge in [0.15, 0.2) is 6.04 Å². The van der Waals surface area contributed by atoms with Crippen molar-refractivity contribution in [2.45, 2.75) is 18.9 Å². The highest BCUT2D eigenvalue weighted by atomic mass is 16.4. The fraction of sp³-hybridized carbons (Fsp3) is 0.333. The first-order valence-corrected chi connectivity index (χ1v) is 8.25. The highest BCUT2D eigenvalue weighted by molar-refractivity contribution is 5.86. The molecule has 7 heteroatoms. The summed E-state index contributed by atoms with van der Waals surface area (Å²) in [6.07, 6.45) is 4.67. The summed E-state index contributed by atoms with van der Waals surface area (Å²) in [5, 5.41) is 12.1. The minimum atomic E-state index is -1.06. The van der Waals surface area contributed by atoms with Crippen molar-refractivity contribution >= 4 is 17.8 Å². The smallest absolute Gasteiger partial charge is 0.330 e. The Morgan fingerprint density at radius 2 is 1.72 bits per heavy atom. The fourth-order valence-electron chi connectivity index (χ4n) is 2.99. The largest absolute Gasteiger partial charge is 0.479 e. The average Bonchev–Trinajstić information content (AvgIpc) is 2.67. The number of hydrogen-bond donors (Lipinski definition) is 2. The Balaban J connectivity index is 1.59. The van der Waals surface area contributed by atoms with E-state index in [1.54, 1.807) is 42.7 Å². The third-order valence-electron chi connectivity index (χ3n) is 4.37.